The molecule has 36 heavy (non-hydrogen) atoms. The van der Waals surface area contributed by atoms with Crippen molar-refractivity contribution in [3.05, 3.63) is 71.8 Å². The van der Waals surface area contributed by atoms with Crippen molar-refractivity contribution in [1.29, 1.82) is 5.26 Å². The Labute approximate surface area is 209 Å². The average Bonchev–Trinajstić information content (AvgIpc) is 3.23. The van der Waals surface area contributed by atoms with E-state index < -0.39 is 11.5 Å². The monoisotopic (exact) mass is 509 g/mol. The second kappa shape index (κ2) is 9.18. The number of nitrogens with zero attached hydrogens (tertiary/aromatic N) is 4. The normalized spacial score (nSPS) is 15.2. The number of carbonyl (C=O) groups is 1. The highest BCUT2D eigenvalue weighted by atomic mass is 35.5. The summed E-state index contributed by atoms with van der Waals surface area (Å²) in [7, 11) is 0. The van der Waals surface area contributed by atoms with Gasteiger partial charge in [0.1, 0.15) is 24.3 Å². The Hall–Kier alpha value is -4.07. The van der Waals surface area contributed by atoms with Gasteiger partial charge in [-0.25, -0.2) is 4.98 Å². The summed E-state index contributed by atoms with van der Waals surface area (Å²) in [6, 6.07) is 12.6. The number of alkyl halides is 3. The lowest BCUT2D eigenvalue weighted by Crippen LogP contribution is -2.21. The first kappa shape index (κ1) is 23.7. The molecule has 0 unspecified atom stereocenters. The SMILES string of the molecule is C[C@@H]1COCc2nc3cc(C(=O)Nc4ccc(OC(F)(F)Cl)cc4)cc(-c4cncc(C#N)c4)c3n21. The lowest BCUT2D eigenvalue weighted by atomic mass is 10.0. The fourth-order valence-corrected chi connectivity index (χ4v) is 4.28. The molecule has 0 spiro atoms. The zero-order valence-corrected chi connectivity index (χ0v) is 19.6. The van der Waals surface area contributed by atoms with Gasteiger partial charge in [0.2, 0.25) is 0 Å². The van der Waals surface area contributed by atoms with E-state index in [2.05, 4.69) is 25.7 Å². The van der Waals surface area contributed by atoms with E-state index in [1.165, 1.54) is 30.5 Å². The van der Waals surface area contributed by atoms with Crippen molar-refractivity contribution in [2.45, 2.75) is 25.1 Å². The summed E-state index contributed by atoms with van der Waals surface area (Å²) in [6.45, 7) is 2.88. The number of hydrogen-bond donors (Lipinski definition) is 1. The standard InChI is InChI=1S/C25H18ClF2N5O3/c1-14-12-35-13-22-32-21-8-16(24(34)31-18-2-4-19(5-3-18)36-25(26,27)28)7-20(23(21)33(14)22)17-6-15(9-29)10-30-11-17/h2-8,10-11,14H,12-13H2,1H3,(H,31,34)/t14-/m1/s1. The van der Waals surface area contributed by atoms with E-state index in [0.29, 0.717) is 46.7 Å². The number of imidazole rings is 1. The van der Waals surface area contributed by atoms with Gasteiger partial charge in [0, 0.05) is 46.4 Å². The largest absolute Gasteiger partial charge is 0.487 e. The molecule has 2 aromatic carbocycles. The Morgan fingerprint density at radius 1 is 1.28 bits per heavy atom. The van der Waals surface area contributed by atoms with Crippen molar-refractivity contribution in [1.82, 2.24) is 14.5 Å². The Morgan fingerprint density at radius 3 is 2.78 bits per heavy atom. The van der Waals surface area contributed by atoms with Gasteiger partial charge in [-0.15, -0.1) is 8.78 Å². The Morgan fingerprint density at radius 2 is 2.06 bits per heavy atom. The molecule has 0 saturated heterocycles. The predicted molar refractivity (Wildman–Crippen MR) is 128 cm³/mol. The molecule has 1 aliphatic heterocycles. The molecule has 4 aromatic rings. The first-order valence-corrected chi connectivity index (χ1v) is 11.2. The zero-order valence-electron chi connectivity index (χ0n) is 18.8. The second-order valence-electron chi connectivity index (χ2n) is 8.25. The molecule has 2 aromatic heterocycles. The molecule has 1 amide bonds. The minimum Gasteiger partial charge on any atom is -0.420 e. The maximum atomic E-state index is 13.2. The number of fused-ring (bicyclic) bond motifs is 3. The number of hydrogen-bond acceptors (Lipinski definition) is 6. The molecule has 1 atom stereocenters. The maximum Gasteiger partial charge on any atom is 0.487 e. The van der Waals surface area contributed by atoms with Crippen molar-refractivity contribution in [2.24, 2.45) is 0 Å². The average molecular weight is 510 g/mol. The fraction of sp³-hybridized carbons (Fsp3) is 0.200. The van der Waals surface area contributed by atoms with Crippen molar-refractivity contribution < 1.29 is 23.0 Å². The lowest BCUT2D eigenvalue weighted by molar-refractivity contribution is -0.0964. The fourth-order valence-electron chi connectivity index (χ4n) is 4.19. The molecule has 1 aliphatic rings. The molecular formula is C25H18ClF2N5O3. The number of carbonyl (C=O) groups excluding carboxylic acids is 1. The van der Waals surface area contributed by atoms with E-state index in [4.69, 9.17) is 21.3 Å². The van der Waals surface area contributed by atoms with E-state index in [0.717, 1.165) is 11.3 Å². The summed E-state index contributed by atoms with van der Waals surface area (Å²) in [5, 5.41) is 12.1. The molecule has 3 heterocycles. The number of pyridine rings is 1. The molecule has 1 N–H and O–H groups in total. The number of aromatic nitrogens is 3. The highest BCUT2D eigenvalue weighted by Gasteiger charge is 2.28. The Balaban J connectivity index is 1.55. The molecule has 11 heteroatoms. The van der Waals surface area contributed by atoms with Crippen LogP contribution in [0.2, 0.25) is 0 Å². The third-order valence-electron chi connectivity index (χ3n) is 5.68. The number of benzene rings is 2. The molecule has 8 nitrogen and oxygen atoms in total. The predicted octanol–water partition coefficient (Wildman–Crippen LogP) is 5.48. The summed E-state index contributed by atoms with van der Waals surface area (Å²) in [6.07, 6.45) is 3.10. The highest BCUT2D eigenvalue weighted by molar-refractivity contribution is 6.20. The summed E-state index contributed by atoms with van der Waals surface area (Å²) in [4.78, 5) is 22.1. The van der Waals surface area contributed by atoms with Gasteiger partial charge >= 0.3 is 5.57 Å². The van der Waals surface area contributed by atoms with Crippen molar-refractivity contribution in [2.75, 3.05) is 11.9 Å². The number of rotatable bonds is 5. The third-order valence-corrected chi connectivity index (χ3v) is 5.75. The van der Waals surface area contributed by atoms with Gasteiger partial charge in [0.15, 0.2) is 0 Å². The van der Waals surface area contributed by atoms with Crippen molar-refractivity contribution in [3.63, 3.8) is 0 Å². The van der Waals surface area contributed by atoms with Crippen LogP contribution in [0.25, 0.3) is 22.2 Å². The van der Waals surface area contributed by atoms with Crippen LogP contribution in [0.1, 0.15) is 34.7 Å². The van der Waals surface area contributed by atoms with Gasteiger partial charge in [-0.3, -0.25) is 9.78 Å². The van der Waals surface area contributed by atoms with Crippen LogP contribution in [-0.4, -0.2) is 32.6 Å². The van der Waals surface area contributed by atoms with Crippen molar-refractivity contribution in [3.8, 4) is 22.9 Å². The van der Waals surface area contributed by atoms with E-state index >= 15 is 0 Å². The van der Waals surface area contributed by atoms with Crippen molar-refractivity contribution >= 4 is 34.2 Å². The van der Waals surface area contributed by atoms with Gasteiger partial charge in [-0.2, -0.15) is 5.26 Å². The van der Waals surface area contributed by atoms with Crippen LogP contribution in [0.3, 0.4) is 0 Å². The van der Waals surface area contributed by atoms with Crippen LogP contribution in [-0.2, 0) is 11.3 Å². The van der Waals surface area contributed by atoms with Gasteiger partial charge in [-0.05, 0) is 49.4 Å². The minimum absolute atomic E-state index is 0.0189. The first-order valence-electron chi connectivity index (χ1n) is 10.9. The van der Waals surface area contributed by atoms with Gasteiger partial charge < -0.3 is 19.4 Å². The Bertz CT molecular complexity index is 1510. The van der Waals surface area contributed by atoms with E-state index in [1.807, 2.05) is 6.92 Å². The van der Waals surface area contributed by atoms with Crippen LogP contribution >= 0.6 is 11.6 Å². The zero-order chi connectivity index (χ0) is 25.4. The molecule has 0 bridgehead atoms. The van der Waals surface area contributed by atoms with Crippen LogP contribution < -0.4 is 10.1 Å². The molecule has 182 valence electrons. The molecular weight excluding hydrogens is 492 g/mol. The third kappa shape index (κ3) is 4.71. The minimum atomic E-state index is -3.83. The summed E-state index contributed by atoms with van der Waals surface area (Å²) < 4.78 is 37.7. The topological polar surface area (TPSA) is 102 Å². The summed E-state index contributed by atoms with van der Waals surface area (Å²) in [5.41, 5.74) is 0.0120. The second-order valence-corrected chi connectivity index (χ2v) is 8.69. The first-order chi connectivity index (χ1) is 17.2. The number of halogens is 3. The van der Waals surface area contributed by atoms with E-state index in [-0.39, 0.29) is 11.8 Å². The number of anilines is 1. The Kier molecular flexibility index (Phi) is 6.04. The molecule has 0 saturated carbocycles. The quantitative estimate of drug-likeness (QED) is 0.357. The molecule has 0 fully saturated rings. The van der Waals surface area contributed by atoms with Gasteiger partial charge in [0.25, 0.3) is 5.91 Å². The number of nitrogens with one attached hydrogen (secondary N) is 1. The van der Waals surface area contributed by atoms with E-state index in [1.54, 1.807) is 24.4 Å². The highest BCUT2D eigenvalue weighted by Crippen LogP contribution is 2.35. The number of amides is 1. The maximum absolute atomic E-state index is 13.2. The van der Waals surface area contributed by atoms with Crippen LogP contribution in [0.5, 0.6) is 5.75 Å². The van der Waals surface area contributed by atoms with Gasteiger partial charge in [0.05, 0.1) is 29.2 Å². The lowest BCUT2D eigenvalue weighted by Gasteiger charge is -2.23. The number of nitriles is 1. The van der Waals surface area contributed by atoms with Crippen LogP contribution in [0.15, 0.2) is 54.9 Å². The summed E-state index contributed by atoms with van der Waals surface area (Å²) >= 11 is 4.79. The van der Waals surface area contributed by atoms with E-state index in [9.17, 15) is 18.8 Å². The molecule has 0 aliphatic carbocycles. The van der Waals surface area contributed by atoms with Crippen LogP contribution in [0.4, 0.5) is 14.5 Å². The van der Waals surface area contributed by atoms with Gasteiger partial charge in [-0.1, -0.05) is 0 Å². The number of ether oxygens (including phenoxy) is 2. The molecule has 5 rings (SSSR count). The summed E-state index contributed by atoms with van der Waals surface area (Å²) in [5.74, 6) is 0.148. The molecule has 0 radical (unpaired) electrons. The van der Waals surface area contributed by atoms with Crippen LogP contribution in [0, 0.1) is 11.3 Å². The smallest absolute Gasteiger partial charge is 0.420 e.